The van der Waals surface area contributed by atoms with Gasteiger partial charge in [-0.05, 0) is 83.5 Å². The second kappa shape index (κ2) is 52.0. The molecule has 0 aliphatic carbocycles. The molecule has 0 radical (unpaired) electrons. The van der Waals surface area contributed by atoms with Crippen molar-refractivity contribution >= 4 is 5.91 Å². The van der Waals surface area contributed by atoms with Gasteiger partial charge < -0.3 is 65.1 Å². The maximum Gasteiger partial charge on any atom is 0.220 e. The van der Waals surface area contributed by atoms with Gasteiger partial charge in [-0.25, -0.2) is 0 Å². The molecule has 2 aliphatic heterocycles. The third-order valence-corrected chi connectivity index (χ3v) is 15.0. The Morgan fingerprint density at radius 1 is 0.451 bits per heavy atom. The zero-order chi connectivity index (χ0) is 59.5. The fourth-order valence-electron chi connectivity index (χ4n) is 9.84. The van der Waals surface area contributed by atoms with E-state index in [1.165, 1.54) is 96.3 Å². The summed E-state index contributed by atoms with van der Waals surface area (Å²) < 4.78 is 22.8. The molecular formula is C68H115NO13. The lowest BCUT2D eigenvalue weighted by molar-refractivity contribution is -0.359. The molecule has 0 aromatic rings. The molecule has 0 bridgehead atoms. The minimum atomic E-state index is -1.80. The third kappa shape index (κ3) is 36.5. The van der Waals surface area contributed by atoms with Crippen LogP contribution >= 0.6 is 0 Å². The van der Waals surface area contributed by atoms with Gasteiger partial charge in [-0.15, -0.1) is 0 Å². The van der Waals surface area contributed by atoms with Crippen LogP contribution in [-0.4, -0.2) is 140 Å². The van der Waals surface area contributed by atoms with E-state index in [1.807, 2.05) is 6.08 Å². The van der Waals surface area contributed by atoms with E-state index >= 15 is 0 Å². The summed E-state index contributed by atoms with van der Waals surface area (Å²) in [6, 6.07) is -0.937. The first-order valence-corrected chi connectivity index (χ1v) is 32.1. The molecule has 2 saturated heterocycles. The highest BCUT2D eigenvalue weighted by atomic mass is 16.7. The second-order valence-electron chi connectivity index (χ2n) is 22.2. The van der Waals surface area contributed by atoms with Crippen LogP contribution in [0.2, 0.25) is 0 Å². The van der Waals surface area contributed by atoms with Crippen LogP contribution in [0.4, 0.5) is 0 Å². The van der Waals surface area contributed by atoms with Crippen LogP contribution in [0.25, 0.3) is 0 Å². The molecule has 0 aromatic heterocycles. The van der Waals surface area contributed by atoms with Crippen LogP contribution in [0.1, 0.15) is 219 Å². The van der Waals surface area contributed by atoms with Crippen LogP contribution in [-0.2, 0) is 23.7 Å². The predicted molar refractivity (Wildman–Crippen MR) is 332 cm³/mol. The molecule has 12 unspecified atom stereocenters. The summed E-state index contributed by atoms with van der Waals surface area (Å²) in [5.74, 6) is -0.267. The number of hydrogen-bond acceptors (Lipinski definition) is 13. The number of hydrogen-bond donors (Lipinski definition) is 9. The molecule has 14 nitrogen and oxygen atoms in total. The number of carbonyl (C=O) groups is 1. The highest BCUT2D eigenvalue weighted by Crippen LogP contribution is 2.30. The number of unbranched alkanes of at least 4 members (excludes halogenated alkanes) is 21. The van der Waals surface area contributed by atoms with Crippen molar-refractivity contribution in [2.75, 3.05) is 19.8 Å². The molecule has 12 atom stereocenters. The number of rotatable bonds is 50. The number of allylic oxidation sites excluding steroid dienone is 17. The van der Waals surface area contributed by atoms with Gasteiger partial charge >= 0.3 is 0 Å². The molecule has 9 N–H and O–H groups in total. The van der Waals surface area contributed by atoms with E-state index in [0.717, 1.165) is 96.3 Å². The van der Waals surface area contributed by atoms with Gasteiger partial charge in [0, 0.05) is 6.42 Å². The van der Waals surface area contributed by atoms with Crippen molar-refractivity contribution in [3.63, 3.8) is 0 Å². The smallest absolute Gasteiger partial charge is 0.220 e. The van der Waals surface area contributed by atoms with E-state index in [4.69, 9.17) is 18.9 Å². The van der Waals surface area contributed by atoms with E-state index < -0.39 is 86.8 Å². The van der Waals surface area contributed by atoms with Crippen molar-refractivity contribution < 1.29 is 64.6 Å². The molecule has 2 fully saturated rings. The highest BCUT2D eigenvalue weighted by Gasteiger charge is 2.51. The summed E-state index contributed by atoms with van der Waals surface area (Å²) in [5.41, 5.74) is 0. The van der Waals surface area contributed by atoms with Crippen molar-refractivity contribution in [1.82, 2.24) is 5.32 Å². The maximum atomic E-state index is 13.3. The molecule has 82 heavy (non-hydrogen) atoms. The summed E-state index contributed by atoms with van der Waals surface area (Å²) in [7, 11) is 0. The first-order valence-electron chi connectivity index (χ1n) is 32.1. The molecular weight excluding hydrogens is 1040 g/mol. The van der Waals surface area contributed by atoms with E-state index in [9.17, 15) is 45.6 Å². The average Bonchev–Trinajstić information content (AvgIpc) is 3.65. The Bertz CT molecular complexity index is 1790. The Morgan fingerprint density at radius 3 is 1.29 bits per heavy atom. The standard InChI is InChI=1S/C68H115NO13/c1-3-5-7-9-11-13-15-17-19-21-23-24-25-26-27-28-29-30-31-32-34-36-38-40-42-44-46-48-50-52-60(73)69-56(57(72)51-49-47-45-43-41-39-37-35-33-22-20-18-16-14-12-10-8-6-4-2)55-79-67-65(78)63(76)66(59(54-71)81-67)82-68-64(77)62(75)61(74)58(53-70)80-68/h5,7,11,13,17,19,23-24,26-27,29-30,32,34,38,40,49,51,56-59,61-68,70-72,74-78H,3-4,6,8-10,12,14-16,18,20-22,25,28,31,33,35-37,39,41-48,50,52-55H2,1-2H3,(H,69,73)/b7-5-,13-11-,19-17-,24-23-,27-26-,30-29-,34-32-,40-38-,51-49+. The Labute approximate surface area is 495 Å². The van der Waals surface area contributed by atoms with Crippen molar-refractivity contribution in [2.24, 2.45) is 0 Å². The molecule has 470 valence electrons. The van der Waals surface area contributed by atoms with Crippen LogP contribution in [0.3, 0.4) is 0 Å². The quantitative estimate of drug-likeness (QED) is 0.0204. The lowest BCUT2D eigenvalue weighted by Crippen LogP contribution is -2.65. The van der Waals surface area contributed by atoms with Crippen LogP contribution < -0.4 is 5.32 Å². The summed E-state index contributed by atoms with van der Waals surface area (Å²) in [5, 5.41) is 87.2. The summed E-state index contributed by atoms with van der Waals surface area (Å²) in [6.45, 7) is 2.67. The Hall–Kier alpha value is -3.35. The van der Waals surface area contributed by atoms with Crippen molar-refractivity contribution in [3.8, 4) is 0 Å². The van der Waals surface area contributed by atoms with Crippen molar-refractivity contribution in [3.05, 3.63) is 109 Å². The van der Waals surface area contributed by atoms with Crippen LogP contribution in [0, 0.1) is 0 Å². The zero-order valence-electron chi connectivity index (χ0n) is 50.7. The van der Waals surface area contributed by atoms with Gasteiger partial charge in [0.1, 0.15) is 48.8 Å². The van der Waals surface area contributed by atoms with E-state index in [1.54, 1.807) is 6.08 Å². The molecule has 14 heteroatoms. The largest absolute Gasteiger partial charge is 0.394 e. The molecule has 2 rings (SSSR count). The van der Waals surface area contributed by atoms with Crippen molar-refractivity contribution in [2.45, 2.75) is 293 Å². The third-order valence-electron chi connectivity index (χ3n) is 15.0. The van der Waals surface area contributed by atoms with Gasteiger partial charge in [-0.3, -0.25) is 4.79 Å². The molecule has 2 aliphatic rings. The number of carbonyl (C=O) groups excluding carboxylic acids is 1. The fourth-order valence-corrected chi connectivity index (χ4v) is 9.84. The van der Waals surface area contributed by atoms with E-state index in [0.29, 0.717) is 6.42 Å². The average molecular weight is 1150 g/mol. The first-order chi connectivity index (χ1) is 40.1. The topological polar surface area (TPSA) is 228 Å². The lowest BCUT2D eigenvalue weighted by atomic mass is 9.97. The lowest BCUT2D eigenvalue weighted by Gasteiger charge is -2.46. The number of amides is 1. The Morgan fingerprint density at radius 2 is 0.841 bits per heavy atom. The summed E-state index contributed by atoms with van der Waals surface area (Å²) >= 11 is 0. The van der Waals surface area contributed by atoms with E-state index in [2.05, 4.69) is 116 Å². The second-order valence-corrected chi connectivity index (χ2v) is 22.2. The Kier molecular flexibility index (Phi) is 47.4. The zero-order valence-corrected chi connectivity index (χ0v) is 50.7. The number of nitrogens with one attached hydrogen (secondary N) is 1. The number of aliphatic hydroxyl groups is 8. The monoisotopic (exact) mass is 1150 g/mol. The minimum absolute atomic E-state index is 0.244. The van der Waals surface area contributed by atoms with Crippen molar-refractivity contribution in [1.29, 1.82) is 0 Å². The summed E-state index contributed by atoms with van der Waals surface area (Å²) in [6.07, 6.45) is 56.9. The Balaban J connectivity index is 1.75. The van der Waals surface area contributed by atoms with Crippen LogP contribution in [0.15, 0.2) is 109 Å². The van der Waals surface area contributed by atoms with Gasteiger partial charge in [-0.1, -0.05) is 239 Å². The molecule has 0 saturated carbocycles. The van der Waals surface area contributed by atoms with E-state index in [-0.39, 0.29) is 18.9 Å². The predicted octanol–water partition coefficient (Wildman–Crippen LogP) is 12.0. The molecule has 0 aromatic carbocycles. The van der Waals surface area contributed by atoms with Crippen LogP contribution in [0.5, 0.6) is 0 Å². The number of aliphatic hydroxyl groups excluding tert-OH is 8. The van der Waals surface area contributed by atoms with Gasteiger partial charge in [0.15, 0.2) is 12.6 Å². The molecule has 1 amide bonds. The van der Waals surface area contributed by atoms with Gasteiger partial charge in [0.05, 0.1) is 32.0 Å². The first kappa shape index (κ1) is 74.7. The fraction of sp³-hybridized carbons (Fsp3) is 0.721. The SMILES string of the molecule is CC/C=C\C/C=C\C/C=C\C/C=C\C/C=C\C/C=C\C/C=C\C/C=C\CCCCCCC(=O)NC(COC1OC(CO)C(OC2OC(CO)C(O)C(O)C2O)C(O)C1O)C(O)/C=C/CCCCCCCCCCCCCCCCCCC. The maximum absolute atomic E-state index is 13.3. The molecule has 0 spiro atoms. The van der Waals surface area contributed by atoms with Gasteiger partial charge in [-0.2, -0.15) is 0 Å². The normalized spacial score (nSPS) is 24.7. The minimum Gasteiger partial charge on any atom is -0.394 e. The molecule has 2 heterocycles. The summed E-state index contributed by atoms with van der Waals surface area (Å²) in [4.78, 5) is 13.3. The van der Waals surface area contributed by atoms with Gasteiger partial charge in [0.25, 0.3) is 0 Å². The van der Waals surface area contributed by atoms with Gasteiger partial charge in [0.2, 0.25) is 5.91 Å². The highest BCUT2D eigenvalue weighted by molar-refractivity contribution is 5.76. The number of ether oxygens (including phenoxy) is 4.